The molecule has 0 bridgehead atoms. The van der Waals surface area contributed by atoms with E-state index in [2.05, 4.69) is 4.98 Å². The van der Waals surface area contributed by atoms with Crippen molar-refractivity contribution in [3.63, 3.8) is 0 Å². The van der Waals surface area contributed by atoms with E-state index < -0.39 is 32.3 Å². The Kier molecular flexibility index (Phi) is 5.69. The fraction of sp³-hybridized carbons (Fsp3) is 0. The highest BCUT2D eigenvalue weighted by Crippen LogP contribution is 2.18. The van der Waals surface area contributed by atoms with Crippen molar-refractivity contribution in [1.29, 1.82) is 0 Å². The number of carbonyl (C=O) groups is 1. The maximum atomic E-state index is 10.9. The second kappa shape index (κ2) is 7.07. The number of hydrogen-bond acceptors (Lipinski definition) is 5. The summed E-state index contributed by atoms with van der Waals surface area (Å²) >= 11 is 5.52. The van der Waals surface area contributed by atoms with E-state index in [9.17, 15) is 18.3 Å². The van der Waals surface area contributed by atoms with Crippen molar-refractivity contribution in [2.75, 3.05) is 5.73 Å². The lowest BCUT2D eigenvalue weighted by atomic mass is 10.2. The largest absolute Gasteiger partial charge is 0.872 e. The van der Waals surface area contributed by atoms with Gasteiger partial charge in [0.15, 0.2) is 0 Å². The van der Waals surface area contributed by atoms with Crippen molar-refractivity contribution >= 4 is 33.5 Å². The quantitative estimate of drug-likeness (QED) is 0.666. The maximum absolute atomic E-state index is 10.9. The van der Waals surface area contributed by atoms with Crippen LogP contribution in [-0.2, 0) is 10.1 Å². The fourth-order valence-electron chi connectivity index (χ4n) is 1.25. The van der Waals surface area contributed by atoms with Gasteiger partial charge in [0.2, 0.25) is 0 Å². The number of carboxylic acids is 1. The molecule has 0 atom stereocenters. The molecule has 0 amide bonds. The van der Waals surface area contributed by atoms with Gasteiger partial charge in [-0.25, -0.2) is 9.78 Å². The van der Waals surface area contributed by atoms with E-state index >= 15 is 0 Å². The van der Waals surface area contributed by atoms with Gasteiger partial charge >= 0.3 is 5.97 Å². The number of aromatic carboxylic acids is 1. The zero-order chi connectivity index (χ0) is 16.9. The highest BCUT2D eigenvalue weighted by molar-refractivity contribution is 7.85. The fourth-order valence-corrected chi connectivity index (χ4v) is 1.88. The number of halogens is 1. The molecule has 0 aliphatic carbocycles. The summed E-state index contributed by atoms with van der Waals surface area (Å²) in [6.45, 7) is 0. The first-order valence-corrected chi connectivity index (χ1v) is 7.37. The maximum Gasteiger partial charge on any atom is 0.335 e. The molecule has 0 aliphatic heterocycles. The van der Waals surface area contributed by atoms with Crippen molar-refractivity contribution in [3.8, 4) is 5.75 Å². The number of H-pyrrole nitrogens is 1. The minimum absolute atomic E-state index is 0.611. The normalized spacial score (nSPS) is 10.5. The summed E-state index contributed by atoms with van der Waals surface area (Å²) in [5, 5.41) is 20.0. The average molecular weight is 347 g/mol. The van der Waals surface area contributed by atoms with Gasteiger partial charge in [0.1, 0.15) is 6.20 Å². The van der Waals surface area contributed by atoms with Crippen LogP contribution < -0.4 is 15.8 Å². The highest BCUT2D eigenvalue weighted by atomic mass is 35.5. The summed E-state index contributed by atoms with van der Waals surface area (Å²) in [5.74, 6) is -1.74. The first kappa shape index (κ1) is 17.7. The molecular formula is C12H11ClN2O6S. The molecule has 0 unspecified atom stereocenters. The standard InChI is InChI=1S/C7H6O6S.C5H5ClN2/c8-6-2-1-4(14(11,12)13)3-5(6)7(9)10;6-4-1-2-5(7)8-3-4/h1-3,8H,(H,9,10)(H,11,12,13);1-3H,(H2,7,8). The predicted octanol–water partition coefficient (Wildman–Crippen LogP) is 0.441. The molecule has 5 N–H and O–H groups in total. The molecule has 1 heterocycles. The minimum Gasteiger partial charge on any atom is -0.872 e. The molecule has 0 aliphatic rings. The number of benzene rings is 1. The summed E-state index contributed by atoms with van der Waals surface area (Å²) in [6, 6.07) is 5.66. The Morgan fingerprint density at radius 3 is 2.32 bits per heavy atom. The van der Waals surface area contributed by atoms with Gasteiger partial charge in [-0.3, -0.25) is 10.3 Å². The van der Waals surface area contributed by atoms with Gasteiger partial charge in [-0.2, -0.15) is 8.42 Å². The van der Waals surface area contributed by atoms with E-state index in [1.807, 2.05) is 0 Å². The van der Waals surface area contributed by atoms with Gasteiger partial charge in [0.25, 0.3) is 15.9 Å². The van der Waals surface area contributed by atoms with E-state index in [1.165, 1.54) is 0 Å². The summed E-state index contributed by atoms with van der Waals surface area (Å²) in [7, 11) is -4.48. The van der Waals surface area contributed by atoms with E-state index in [-0.39, 0.29) is 0 Å². The topological polar surface area (TPSA) is 155 Å². The molecule has 22 heavy (non-hydrogen) atoms. The Morgan fingerprint density at radius 1 is 1.27 bits per heavy atom. The zero-order valence-corrected chi connectivity index (χ0v) is 12.4. The van der Waals surface area contributed by atoms with Crippen molar-refractivity contribution in [2.24, 2.45) is 0 Å². The van der Waals surface area contributed by atoms with E-state index in [1.54, 1.807) is 18.3 Å². The summed E-state index contributed by atoms with van der Waals surface area (Å²) in [5.41, 5.74) is 4.62. The second-order valence-electron chi connectivity index (χ2n) is 3.90. The zero-order valence-electron chi connectivity index (χ0n) is 10.9. The van der Waals surface area contributed by atoms with Gasteiger partial charge in [0, 0.05) is 6.07 Å². The number of rotatable bonds is 2. The van der Waals surface area contributed by atoms with Gasteiger partial charge in [0.05, 0.1) is 15.5 Å². The molecule has 0 fully saturated rings. The van der Waals surface area contributed by atoms with Crippen LogP contribution in [-0.4, -0.2) is 24.0 Å². The number of anilines is 1. The summed E-state index contributed by atoms with van der Waals surface area (Å²) < 4.78 is 29.7. The number of carboxylic acid groups (broad SMARTS) is 1. The molecule has 118 valence electrons. The third-order valence-electron chi connectivity index (χ3n) is 2.28. The van der Waals surface area contributed by atoms with E-state index in [0.717, 1.165) is 12.1 Å². The van der Waals surface area contributed by atoms with Crippen molar-refractivity contribution < 1.29 is 33.0 Å². The number of hydrogen-bond donors (Lipinski definition) is 3. The minimum atomic E-state index is -4.48. The molecule has 0 radical (unpaired) electrons. The monoisotopic (exact) mass is 346 g/mol. The van der Waals surface area contributed by atoms with Crippen LogP contribution in [0.5, 0.6) is 5.75 Å². The highest BCUT2D eigenvalue weighted by Gasteiger charge is 2.12. The molecule has 0 saturated carbocycles. The number of nitrogens with two attached hydrogens (primary N) is 1. The molecule has 10 heteroatoms. The van der Waals surface area contributed by atoms with E-state index in [4.69, 9.17) is 27.0 Å². The van der Waals surface area contributed by atoms with Crippen LogP contribution in [0.15, 0.2) is 41.4 Å². The van der Waals surface area contributed by atoms with Gasteiger partial charge in [-0.15, -0.1) is 0 Å². The lowest BCUT2D eigenvalue weighted by Gasteiger charge is -2.09. The van der Waals surface area contributed by atoms with Crippen LogP contribution in [0.4, 0.5) is 5.82 Å². The third-order valence-corrected chi connectivity index (χ3v) is 3.36. The molecule has 1 aromatic carbocycles. The lowest BCUT2D eigenvalue weighted by Crippen LogP contribution is -2.07. The third kappa shape index (κ3) is 5.20. The SMILES string of the molecule is Nc1ccc(Cl)c[nH+]1.O=C(O)c1cc(S(=O)(=O)O)ccc1[O-]. The van der Waals surface area contributed by atoms with E-state index in [0.29, 0.717) is 16.9 Å². The lowest BCUT2D eigenvalue weighted by molar-refractivity contribution is -0.360. The molecule has 1 aromatic heterocycles. The van der Waals surface area contributed by atoms with Crippen LogP contribution in [0, 0.1) is 0 Å². The smallest absolute Gasteiger partial charge is 0.335 e. The Labute approximate surface area is 130 Å². The van der Waals surface area contributed by atoms with Gasteiger partial charge in [-0.1, -0.05) is 23.4 Å². The first-order valence-electron chi connectivity index (χ1n) is 5.56. The van der Waals surface area contributed by atoms with Crippen molar-refractivity contribution in [3.05, 3.63) is 47.1 Å². The number of nitrogens with one attached hydrogen (secondary N) is 1. The predicted molar refractivity (Wildman–Crippen MR) is 75.1 cm³/mol. The summed E-state index contributed by atoms with van der Waals surface area (Å²) in [4.78, 5) is 12.6. The number of aromatic amines is 1. The Bertz CT molecular complexity index is 756. The Balaban J connectivity index is 0.000000255. The van der Waals surface area contributed by atoms with Crippen LogP contribution >= 0.6 is 11.6 Å². The van der Waals surface area contributed by atoms with Gasteiger partial charge in [-0.05, 0) is 18.2 Å². The second-order valence-corrected chi connectivity index (χ2v) is 5.76. The summed E-state index contributed by atoms with van der Waals surface area (Å²) in [6.07, 6.45) is 1.64. The van der Waals surface area contributed by atoms with Gasteiger partial charge < -0.3 is 10.2 Å². The molecule has 2 aromatic rings. The molecule has 2 rings (SSSR count). The van der Waals surface area contributed by atoms with Crippen LogP contribution in [0.1, 0.15) is 10.4 Å². The molecule has 0 spiro atoms. The van der Waals surface area contributed by atoms with Crippen LogP contribution in [0.2, 0.25) is 5.02 Å². The van der Waals surface area contributed by atoms with Crippen molar-refractivity contribution in [2.45, 2.75) is 4.90 Å². The average Bonchev–Trinajstić information content (AvgIpc) is 2.41. The Morgan fingerprint density at radius 2 is 1.91 bits per heavy atom. The first-order chi connectivity index (χ1) is 10.1. The number of aromatic nitrogens is 1. The molecular weight excluding hydrogens is 336 g/mol. The van der Waals surface area contributed by atoms with Crippen LogP contribution in [0.3, 0.4) is 0 Å². The number of nitrogen functional groups attached to an aromatic ring is 1. The van der Waals surface area contributed by atoms with Crippen LogP contribution in [0.25, 0.3) is 0 Å². The Hall–Kier alpha value is -2.36. The number of pyridine rings is 1. The molecule has 0 saturated heterocycles. The van der Waals surface area contributed by atoms with Crippen molar-refractivity contribution in [1.82, 2.24) is 0 Å². The molecule has 8 nitrogen and oxygen atoms in total.